The first-order valence-corrected chi connectivity index (χ1v) is 8.25. The third-order valence-corrected chi connectivity index (χ3v) is 3.54. The quantitative estimate of drug-likeness (QED) is 0.403. The molecule has 0 atom stereocenters. The Balaban J connectivity index is 1.85. The zero-order valence-corrected chi connectivity index (χ0v) is 13.9. The predicted molar refractivity (Wildman–Crippen MR) is 92.3 cm³/mol. The molecule has 0 N–H and O–H groups in total. The first-order valence-electron chi connectivity index (χ1n) is 8.25. The maximum absolute atomic E-state index is 12.0. The van der Waals surface area contributed by atoms with Gasteiger partial charge in [-0.05, 0) is 42.8 Å². The molecule has 0 spiro atoms. The molecule has 2 rings (SSSR count). The number of para-hydroxylation sites is 1. The lowest BCUT2D eigenvalue weighted by atomic mass is 10.1. The monoisotopic (exact) mass is 326 g/mol. The molecule has 4 heteroatoms. The smallest absolute Gasteiger partial charge is 0.343 e. The Kier molecular flexibility index (Phi) is 7.02. The van der Waals surface area contributed by atoms with Crippen LogP contribution in [0, 0.1) is 0 Å². The van der Waals surface area contributed by atoms with E-state index in [-0.39, 0.29) is 5.97 Å². The van der Waals surface area contributed by atoms with E-state index in [4.69, 9.17) is 9.47 Å². The number of benzene rings is 2. The summed E-state index contributed by atoms with van der Waals surface area (Å²) in [5.74, 6) is -0.340. The van der Waals surface area contributed by atoms with Crippen LogP contribution in [0.4, 0.5) is 0 Å². The van der Waals surface area contributed by atoms with E-state index in [1.165, 1.54) is 0 Å². The summed E-state index contributed by atoms with van der Waals surface area (Å²) in [5, 5.41) is 0. The molecule has 0 saturated heterocycles. The van der Waals surface area contributed by atoms with Crippen LogP contribution >= 0.6 is 0 Å². The molecule has 4 nitrogen and oxygen atoms in total. The van der Waals surface area contributed by atoms with Crippen LogP contribution in [0.2, 0.25) is 0 Å². The van der Waals surface area contributed by atoms with Gasteiger partial charge >= 0.3 is 11.9 Å². The molecule has 24 heavy (non-hydrogen) atoms. The van der Waals surface area contributed by atoms with Gasteiger partial charge in [0.05, 0.1) is 17.7 Å². The van der Waals surface area contributed by atoms with Crippen LogP contribution in [0.25, 0.3) is 0 Å². The SMILES string of the molecule is CCCCCCOC(=O)c1ccc(C(=O)Oc2ccccc2)cc1. The molecule has 0 bridgehead atoms. The minimum Gasteiger partial charge on any atom is -0.462 e. The van der Waals surface area contributed by atoms with Gasteiger partial charge < -0.3 is 9.47 Å². The second-order valence-corrected chi connectivity index (χ2v) is 5.48. The molecule has 126 valence electrons. The zero-order chi connectivity index (χ0) is 17.2. The summed E-state index contributed by atoms with van der Waals surface area (Å²) in [7, 11) is 0. The lowest BCUT2D eigenvalue weighted by Gasteiger charge is -2.06. The first kappa shape index (κ1) is 17.7. The van der Waals surface area contributed by atoms with Crippen molar-refractivity contribution in [2.75, 3.05) is 6.61 Å². The van der Waals surface area contributed by atoms with Gasteiger partial charge in [0, 0.05) is 0 Å². The van der Waals surface area contributed by atoms with E-state index >= 15 is 0 Å². The molecule has 0 saturated carbocycles. The van der Waals surface area contributed by atoms with Gasteiger partial charge in [-0.25, -0.2) is 9.59 Å². The number of unbranched alkanes of at least 4 members (excludes halogenated alkanes) is 3. The number of carbonyl (C=O) groups is 2. The van der Waals surface area contributed by atoms with Crippen molar-refractivity contribution >= 4 is 11.9 Å². The van der Waals surface area contributed by atoms with Crippen LogP contribution in [0.1, 0.15) is 53.3 Å². The normalized spacial score (nSPS) is 10.2. The maximum atomic E-state index is 12.0. The second-order valence-electron chi connectivity index (χ2n) is 5.48. The molecule has 2 aromatic carbocycles. The minimum absolute atomic E-state index is 0.366. The molecular weight excluding hydrogens is 304 g/mol. The third kappa shape index (κ3) is 5.54. The van der Waals surface area contributed by atoms with E-state index in [0.717, 1.165) is 25.7 Å². The lowest BCUT2D eigenvalue weighted by Crippen LogP contribution is -2.10. The van der Waals surface area contributed by atoms with Crippen LogP contribution in [0.3, 0.4) is 0 Å². The molecule has 0 heterocycles. The Bertz CT molecular complexity index is 647. The number of rotatable bonds is 8. The van der Waals surface area contributed by atoms with Gasteiger partial charge in [-0.2, -0.15) is 0 Å². The third-order valence-electron chi connectivity index (χ3n) is 3.54. The van der Waals surface area contributed by atoms with Crippen molar-refractivity contribution in [3.63, 3.8) is 0 Å². The summed E-state index contributed by atoms with van der Waals surface area (Å²) in [6.45, 7) is 2.56. The van der Waals surface area contributed by atoms with Crippen LogP contribution in [-0.2, 0) is 4.74 Å². The zero-order valence-electron chi connectivity index (χ0n) is 13.9. The average Bonchev–Trinajstić information content (AvgIpc) is 2.62. The van der Waals surface area contributed by atoms with Gasteiger partial charge in [-0.1, -0.05) is 44.4 Å². The van der Waals surface area contributed by atoms with Gasteiger partial charge in [0.25, 0.3) is 0 Å². The number of esters is 2. The largest absolute Gasteiger partial charge is 0.462 e. The van der Waals surface area contributed by atoms with E-state index in [2.05, 4.69) is 6.92 Å². The van der Waals surface area contributed by atoms with Gasteiger partial charge in [0.1, 0.15) is 5.75 Å². The molecule has 0 aliphatic carbocycles. The minimum atomic E-state index is -0.458. The average molecular weight is 326 g/mol. The highest BCUT2D eigenvalue weighted by atomic mass is 16.5. The van der Waals surface area contributed by atoms with Crippen LogP contribution in [-0.4, -0.2) is 18.5 Å². The Morgan fingerprint density at radius 1 is 0.792 bits per heavy atom. The molecule has 0 aliphatic heterocycles. The van der Waals surface area contributed by atoms with Gasteiger partial charge in [-0.3, -0.25) is 0 Å². The van der Waals surface area contributed by atoms with E-state index in [1.807, 2.05) is 6.07 Å². The molecule has 0 amide bonds. The van der Waals surface area contributed by atoms with Crippen LogP contribution in [0.15, 0.2) is 54.6 Å². The fourth-order valence-corrected chi connectivity index (χ4v) is 2.17. The summed E-state index contributed by atoms with van der Waals surface area (Å²) >= 11 is 0. The Morgan fingerprint density at radius 3 is 2.04 bits per heavy atom. The highest BCUT2D eigenvalue weighted by Crippen LogP contribution is 2.13. The van der Waals surface area contributed by atoms with Gasteiger partial charge in [0.15, 0.2) is 0 Å². The molecule has 0 fully saturated rings. The predicted octanol–water partition coefficient (Wildman–Crippen LogP) is 4.64. The highest BCUT2D eigenvalue weighted by Gasteiger charge is 2.11. The van der Waals surface area contributed by atoms with Crippen molar-refractivity contribution in [3.8, 4) is 5.75 Å². The Labute approximate surface area is 142 Å². The number of carbonyl (C=O) groups excluding carboxylic acids is 2. The van der Waals surface area contributed by atoms with Crippen molar-refractivity contribution in [3.05, 3.63) is 65.7 Å². The molecule has 0 unspecified atom stereocenters. The standard InChI is InChI=1S/C20H22O4/c1-2-3-4-8-15-23-19(21)16-11-13-17(14-12-16)20(22)24-18-9-6-5-7-10-18/h5-7,9-14H,2-4,8,15H2,1H3. The van der Waals surface area contributed by atoms with E-state index < -0.39 is 5.97 Å². The fraction of sp³-hybridized carbons (Fsp3) is 0.300. The Hall–Kier alpha value is -2.62. The number of hydrogen-bond acceptors (Lipinski definition) is 4. The molecule has 0 aromatic heterocycles. The van der Waals surface area contributed by atoms with Gasteiger partial charge in [0.2, 0.25) is 0 Å². The highest BCUT2D eigenvalue weighted by molar-refractivity contribution is 5.94. The van der Waals surface area contributed by atoms with E-state index in [1.54, 1.807) is 48.5 Å². The molecule has 0 aliphatic rings. The first-order chi connectivity index (χ1) is 11.7. The number of hydrogen-bond donors (Lipinski definition) is 0. The summed E-state index contributed by atoms with van der Waals surface area (Å²) in [4.78, 5) is 23.9. The van der Waals surface area contributed by atoms with Crippen LogP contribution < -0.4 is 4.74 Å². The fourth-order valence-electron chi connectivity index (χ4n) is 2.17. The van der Waals surface area contributed by atoms with Gasteiger partial charge in [-0.15, -0.1) is 0 Å². The molecular formula is C20H22O4. The van der Waals surface area contributed by atoms with Crippen molar-refractivity contribution in [2.45, 2.75) is 32.6 Å². The molecule has 2 aromatic rings. The lowest BCUT2D eigenvalue weighted by molar-refractivity contribution is 0.0497. The molecule has 0 radical (unpaired) electrons. The maximum Gasteiger partial charge on any atom is 0.343 e. The van der Waals surface area contributed by atoms with Crippen LogP contribution in [0.5, 0.6) is 5.75 Å². The van der Waals surface area contributed by atoms with E-state index in [9.17, 15) is 9.59 Å². The van der Waals surface area contributed by atoms with Crippen molar-refractivity contribution in [1.82, 2.24) is 0 Å². The van der Waals surface area contributed by atoms with Crippen molar-refractivity contribution in [2.24, 2.45) is 0 Å². The van der Waals surface area contributed by atoms with Crippen molar-refractivity contribution < 1.29 is 19.1 Å². The van der Waals surface area contributed by atoms with Crippen molar-refractivity contribution in [1.29, 1.82) is 0 Å². The Morgan fingerprint density at radius 2 is 1.42 bits per heavy atom. The second kappa shape index (κ2) is 9.50. The summed E-state index contributed by atoms with van der Waals surface area (Å²) in [5.41, 5.74) is 0.820. The summed E-state index contributed by atoms with van der Waals surface area (Å²) < 4.78 is 10.5. The van der Waals surface area contributed by atoms with E-state index in [0.29, 0.717) is 23.5 Å². The number of ether oxygens (including phenoxy) is 2. The topological polar surface area (TPSA) is 52.6 Å². The summed E-state index contributed by atoms with van der Waals surface area (Å²) in [6.07, 6.45) is 4.24. The summed E-state index contributed by atoms with van der Waals surface area (Å²) in [6, 6.07) is 15.2.